The molecule has 1 N–H and O–H groups in total. The van der Waals surface area contributed by atoms with Crippen molar-refractivity contribution < 1.29 is 9.90 Å². The van der Waals surface area contributed by atoms with E-state index in [0.29, 0.717) is 0 Å². The minimum Gasteiger partial charge on any atom is -0.481 e. The van der Waals surface area contributed by atoms with Crippen molar-refractivity contribution in [2.75, 3.05) is 7.05 Å². The van der Waals surface area contributed by atoms with Crippen LogP contribution >= 0.6 is 0 Å². The Hall–Kier alpha value is -2.13. The predicted molar refractivity (Wildman–Crippen MR) is 88.8 cm³/mol. The van der Waals surface area contributed by atoms with Crippen molar-refractivity contribution in [2.45, 2.75) is 32.4 Å². The molecule has 2 aromatic rings. The Morgan fingerprint density at radius 1 is 1.05 bits per heavy atom. The smallest absolute Gasteiger partial charge is 0.304 e. The van der Waals surface area contributed by atoms with Gasteiger partial charge < -0.3 is 5.11 Å². The summed E-state index contributed by atoms with van der Waals surface area (Å²) in [5, 5.41) is 9.19. The molecule has 0 aliphatic rings. The predicted octanol–water partition coefficient (Wildman–Crippen LogP) is 3.51. The van der Waals surface area contributed by atoms with Crippen LogP contribution in [0.1, 0.15) is 23.1 Å². The van der Waals surface area contributed by atoms with Gasteiger partial charge in [0.15, 0.2) is 0 Å². The molecule has 0 aromatic heterocycles. The zero-order chi connectivity index (χ0) is 15.9. The number of carboxylic acid groups (broad SMARTS) is 1. The third kappa shape index (κ3) is 5.01. The summed E-state index contributed by atoms with van der Waals surface area (Å²) < 4.78 is 0. The van der Waals surface area contributed by atoms with Crippen LogP contribution in [0.5, 0.6) is 0 Å². The number of aryl methyl sites for hydroxylation is 1. The van der Waals surface area contributed by atoms with Crippen molar-refractivity contribution in [3.8, 4) is 0 Å². The summed E-state index contributed by atoms with van der Waals surface area (Å²) in [6, 6.07) is 18.5. The summed E-state index contributed by atoms with van der Waals surface area (Å²) in [5.41, 5.74) is 3.59. The van der Waals surface area contributed by atoms with Gasteiger partial charge in [0, 0.05) is 12.6 Å². The summed E-state index contributed by atoms with van der Waals surface area (Å²) in [6.45, 7) is 2.81. The Morgan fingerprint density at radius 3 is 2.27 bits per heavy atom. The number of nitrogens with zero attached hydrogens (tertiary/aromatic N) is 1. The quantitative estimate of drug-likeness (QED) is 0.850. The molecule has 0 radical (unpaired) electrons. The number of hydrogen-bond acceptors (Lipinski definition) is 2. The van der Waals surface area contributed by atoms with Crippen LogP contribution < -0.4 is 0 Å². The first kappa shape index (κ1) is 16.2. The highest BCUT2D eigenvalue weighted by Crippen LogP contribution is 2.15. The van der Waals surface area contributed by atoms with E-state index in [2.05, 4.69) is 48.2 Å². The number of rotatable bonds is 7. The number of hydrogen-bond donors (Lipinski definition) is 1. The van der Waals surface area contributed by atoms with Crippen molar-refractivity contribution in [1.82, 2.24) is 4.90 Å². The molecule has 3 nitrogen and oxygen atoms in total. The maximum absolute atomic E-state index is 11.2. The highest BCUT2D eigenvalue weighted by Gasteiger charge is 2.19. The van der Waals surface area contributed by atoms with Gasteiger partial charge in [0.2, 0.25) is 0 Å². The van der Waals surface area contributed by atoms with E-state index in [0.717, 1.165) is 13.0 Å². The molecule has 0 saturated carbocycles. The molecule has 2 rings (SSSR count). The molecular formula is C19H23NO2. The molecule has 0 heterocycles. The van der Waals surface area contributed by atoms with Crippen molar-refractivity contribution in [3.05, 3.63) is 71.3 Å². The number of likely N-dealkylation sites (N-methyl/N-ethyl adjacent to an activating group) is 1. The van der Waals surface area contributed by atoms with Crippen LogP contribution in [0.15, 0.2) is 54.6 Å². The van der Waals surface area contributed by atoms with Crippen LogP contribution in [-0.2, 0) is 17.8 Å². The molecule has 2 aromatic carbocycles. The highest BCUT2D eigenvalue weighted by molar-refractivity contribution is 5.67. The monoisotopic (exact) mass is 297 g/mol. The SMILES string of the molecule is Cc1ccc(CC(CC(=O)O)N(C)Cc2ccccc2)cc1. The van der Waals surface area contributed by atoms with E-state index in [1.807, 2.05) is 25.2 Å². The van der Waals surface area contributed by atoms with Gasteiger partial charge in [-0.3, -0.25) is 9.69 Å². The van der Waals surface area contributed by atoms with Gasteiger partial charge in [-0.2, -0.15) is 0 Å². The molecule has 0 aliphatic heterocycles. The third-order valence-electron chi connectivity index (χ3n) is 3.90. The average Bonchev–Trinajstić information content (AvgIpc) is 2.49. The van der Waals surface area contributed by atoms with E-state index in [9.17, 15) is 9.90 Å². The van der Waals surface area contributed by atoms with Crippen LogP contribution in [0.2, 0.25) is 0 Å². The molecule has 0 saturated heterocycles. The number of benzene rings is 2. The maximum Gasteiger partial charge on any atom is 0.304 e. The lowest BCUT2D eigenvalue weighted by Crippen LogP contribution is -2.35. The van der Waals surface area contributed by atoms with E-state index in [4.69, 9.17) is 0 Å². The van der Waals surface area contributed by atoms with E-state index >= 15 is 0 Å². The summed E-state index contributed by atoms with van der Waals surface area (Å²) >= 11 is 0. The van der Waals surface area contributed by atoms with Crippen LogP contribution in [0.25, 0.3) is 0 Å². The fraction of sp³-hybridized carbons (Fsp3) is 0.316. The van der Waals surface area contributed by atoms with E-state index < -0.39 is 5.97 Å². The Kier molecular flexibility index (Phi) is 5.73. The van der Waals surface area contributed by atoms with Gasteiger partial charge in [-0.25, -0.2) is 0 Å². The van der Waals surface area contributed by atoms with Crippen molar-refractivity contribution >= 4 is 5.97 Å². The van der Waals surface area contributed by atoms with Gasteiger partial charge in [-0.1, -0.05) is 60.2 Å². The first-order valence-corrected chi connectivity index (χ1v) is 7.56. The van der Waals surface area contributed by atoms with Crippen molar-refractivity contribution in [3.63, 3.8) is 0 Å². The maximum atomic E-state index is 11.2. The number of aliphatic carboxylic acids is 1. The molecule has 1 unspecified atom stereocenters. The molecular weight excluding hydrogens is 274 g/mol. The first-order valence-electron chi connectivity index (χ1n) is 7.56. The average molecular weight is 297 g/mol. The lowest BCUT2D eigenvalue weighted by molar-refractivity contribution is -0.138. The van der Waals surface area contributed by atoms with Gasteiger partial charge in [0.25, 0.3) is 0 Å². The van der Waals surface area contributed by atoms with Gasteiger partial charge in [0.1, 0.15) is 0 Å². The van der Waals surface area contributed by atoms with Crippen molar-refractivity contribution in [1.29, 1.82) is 0 Å². The number of carbonyl (C=O) groups is 1. The summed E-state index contributed by atoms with van der Waals surface area (Å²) in [6.07, 6.45) is 0.896. The molecule has 1 atom stereocenters. The Labute approximate surface area is 132 Å². The van der Waals surface area contributed by atoms with Gasteiger partial charge in [-0.15, -0.1) is 0 Å². The molecule has 0 fully saturated rings. The Balaban J connectivity index is 2.07. The highest BCUT2D eigenvalue weighted by atomic mass is 16.4. The lowest BCUT2D eigenvalue weighted by atomic mass is 10.0. The minimum absolute atomic E-state index is 0.0135. The van der Waals surface area contributed by atoms with Crippen LogP contribution in [-0.4, -0.2) is 29.1 Å². The van der Waals surface area contributed by atoms with E-state index in [1.54, 1.807) is 0 Å². The fourth-order valence-corrected chi connectivity index (χ4v) is 2.58. The van der Waals surface area contributed by atoms with Gasteiger partial charge in [0.05, 0.1) is 6.42 Å². The first-order chi connectivity index (χ1) is 10.5. The van der Waals surface area contributed by atoms with Crippen molar-refractivity contribution in [2.24, 2.45) is 0 Å². The van der Waals surface area contributed by atoms with E-state index in [-0.39, 0.29) is 12.5 Å². The molecule has 3 heteroatoms. The summed E-state index contributed by atoms with van der Waals surface area (Å²) in [5.74, 6) is -0.753. The molecule has 0 bridgehead atoms. The van der Waals surface area contributed by atoms with Crippen LogP contribution in [0.4, 0.5) is 0 Å². The largest absolute Gasteiger partial charge is 0.481 e. The standard InChI is InChI=1S/C19H23NO2/c1-15-8-10-16(11-9-15)12-18(13-19(21)22)20(2)14-17-6-4-3-5-7-17/h3-11,18H,12-14H2,1-2H3,(H,21,22). The van der Waals surface area contributed by atoms with Crippen LogP contribution in [0.3, 0.4) is 0 Å². The normalized spacial score (nSPS) is 12.3. The molecule has 22 heavy (non-hydrogen) atoms. The zero-order valence-corrected chi connectivity index (χ0v) is 13.2. The Bertz CT molecular complexity index is 593. The molecule has 0 amide bonds. The summed E-state index contributed by atoms with van der Waals surface area (Å²) in [7, 11) is 1.99. The molecule has 116 valence electrons. The Morgan fingerprint density at radius 2 is 1.68 bits per heavy atom. The van der Waals surface area contributed by atoms with E-state index in [1.165, 1.54) is 16.7 Å². The minimum atomic E-state index is -0.753. The van der Waals surface area contributed by atoms with Gasteiger partial charge >= 0.3 is 5.97 Å². The van der Waals surface area contributed by atoms with Gasteiger partial charge in [-0.05, 0) is 31.5 Å². The fourth-order valence-electron chi connectivity index (χ4n) is 2.58. The second-order valence-corrected chi connectivity index (χ2v) is 5.84. The second-order valence-electron chi connectivity index (χ2n) is 5.84. The molecule has 0 spiro atoms. The topological polar surface area (TPSA) is 40.5 Å². The zero-order valence-electron chi connectivity index (χ0n) is 13.2. The second kappa shape index (κ2) is 7.76. The summed E-state index contributed by atoms with van der Waals surface area (Å²) in [4.78, 5) is 13.3. The molecule has 0 aliphatic carbocycles. The number of carboxylic acids is 1. The van der Waals surface area contributed by atoms with Crippen LogP contribution in [0, 0.1) is 6.92 Å². The lowest BCUT2D eigenvalue weighted by Gasteiger charge is -2.27. The third-order valence-corrected chi connectivity index (χ3v) is 3.90.